The van der Waals surface area contributed by atoms with Crippen LogP contribution in [0.4, 0.5) is 4.79 Å². The topological polar surface area (TPSA) is 96.7 Å². The molecular weight excluding hydrogens is 392 g/mol. The van der Waals surface area contributed by atoms with Crippen LogP contribution in [0, 0.1) is 11.3 Å². The second kappa shape index (κ2) is 11.1. The van der Waals surface area contributed by atoms with Crippen LogP contribution >= 0.6 is 0 Å². The Morgan fingerprint density at radius 3 is 2.19 bits per heavy atom. The van der Waals surface area contributed by atoms with Crippen molar-refractivity contribution in [3.63, 3.8) is 0 Å². The molecule has 2 N–H and O–H groups in total. The Hall–Kier alpha value is -2.59. The number of nitrogens with one attached hydrogen (secondary N) is 1. The fraction of sp³-hybridized carbons (Fsp3) is 0.625. The van der Waals surface area contributed by atoms with Crippen LogP contribution in [0.1, 0.15) is 56.9 Å². The van der Waals surface area contributed by atoms with Crippen LogP contribution in [0.25, 0.3) is 0 Å². The molecule has 0 unspecified atom stereocenters. The molecular formula is C24H34N4O3. The quantitative estimate of drug-likeness (QED) is 0.723. The van der Waals surface area contributed by atoms with Gasteiger partial charge in [-0.3, -0.25) is 4.79 Å². The van der Waals surface area contributed by atoms with E-state index >= 15 is 0 Å². The van der Waals surface area contributed by atoms with Crippen molar-refractivity contribution in [3.8, 4) is 6.07 Å². The largest absolute Gasteiger partial charge is 0.483 e. The van der Waals surface area contributed by atoms with Gasteiger partial charge in [0.1, 0.15) is 0 Å². The Bertz CT molecular complexity index is 742. The number of nitrogens with zero attached hydrogens (tertiary/aromatic N) is 3. The second-order valence-corrected chi connectivity index (χ2v) is 8.85. The van der Waals surface area contributed by atoms with Crippen molar-refractivity contribution in [3.05, 3.63) is 35.9 Å². The lowest BCUT2D eigenvalue weighted by atomic mass is 9.74. The van der Waals surface area contributed by atoms with Crippen molar-refractivity contribution in [1.29, 1.82) is 5.26 Å². The highest BCUT2D eigenvalue weighted by atomic mass is 16.3. The Labute approximate surface area is 185 Å². The number of benzene rings is 1. The summed E-state index contributed by atoms with van der Waals surface area (Å²) < 4.78 is 0. The molecule has 0 radical (unpaired) electrons. The van der Waals surface area contributed by atoms with Gasteiger partial charge in [-0.2, -0.15) is 5.26 Å². The van der Waals surface area contributed by atoms with E-state index in [2.05, 4.69) is 16.3 Å². The van der Waals surface area contributed by atoms with Crippen LogP contribution in [0.5, 0.6) is 0 Å². The highest BCUT2D eigenvalue weighted by Crippen LogP contribution is 2.35. The summed E-state index contributed by atoms with van der Waals surface area (Å²) in [5.41, 5.74) is 0.627. The van der Waals surface area contributed by atoms with Gasteiger partial charge in [-0.05, 0) is 44.1 Å². The predicted octanol–water partition coefficient (Wildman–Crippen LogP) is 3.36. The number of likely N-dealkylation sites (tertiary alicyclic amines) is 2. The summed E-state index contributed by atoms with van der Waals surface area (Å²) in [6.07, 6.45) is 9.00. The minimum Gasteiger partial charge on any atom is -0.483 e. The maximum Gasteiger partial charge on any atom is 0.317 e. The number of hydrogen-bond donors (Lipinski definition) is 2. The number of amides is 2. The molecule has 2 heterocycles. The molecule has 1 aromatic rings. The van der Waals surface area contributed by atoms with Crippen LogP contribution in [0.15, 0.2) is 30.3 Å². The lowest BCUT2D eigenvalue weighted by molar-refractivity contribution is -0.122. The molecule has 3 aliphatic rings. The summed E-state index contributed by atoms with van der Waals surface area (Å²) in [5, 5.41) is 20.0. The number of nitriles is 1. The van der Waals surface area contributed by atoms with Gasteiger partial charge >= 0.3 is 6.03 Å². The number of hydrogen-bond acceptors (Lipinski definition) is 4. The van der Waals surface area contributed by atoms with Gasteiger partial charge in [0.05, 0.1) is 11.5 Å². The van der Waals surface area contributed by atoms with E-state index in [1.165, 1.54) is 25.7 Å². The van der Waals surface area contributed by atoms with Crippen LogP contribution in [0.2, 0.25) is 0 Å². The van der Waals surface area contributed by atoms with Gasteiger partial charge in [-0.1, -0.05) is 43.2 Å². The molecule has 4 rings (SSSR count). The minimum absolute atomic E-state index is 0.0546. The van der Waals surface area contributed by atoms with E-state index < -0.39 is 5.41 Å². The molecule has 2 aliphatic heterocycles. The van der Waals surface area contributed by atoms with E-state index in [9.17, 15) is 10.1 Å². The van der Waals surface area contributed by atoms with Crippen LogP contribution < -0.4 is 5.32 Å². The molecule has 7 nitrogen and oxygen atoms in total. The zero-order valence-electron chi connectivity index (χ0n) is 18.2. The van der Waals surface area contributed by atoms with Gasteiger partial charge in [0.25, 0.3) is 6.47 Å². The van der Waals surface area contributed by atoms with Gasteiger partial charge in [0.2, 0.25) is 0 Å². The van der Waals surface area contributed by atoms with Gasteiger partial charge in [-0.15, -0.1) is 0 Å². The van der Waals surface area contributed by atoms with Gasteiger partial charge in [0.15, 0.2) is 0 Å². The third-order valence-corrected chi connectivity index (χ3v) is 7.14. The van der Waals surface area contributed by atoms with Crippen LogP contribution in [-0.4, -0.2) is 65.7 Å². The molecule has 1 aliphatic carbocycles. The first-order valence-electron chi connectivity index (χ1n) is 11.5. The lowest BCUT2D eigenvalue weighted by Gasteiger charge is -2.40. The minimum atomic E-state index is -0.454. The zero-order valence-corrected chi connectivity index (χ0v) is 18.2. The molecule has 3 fully saturated rings. The van der Waals surface area contributed by atoms with Crippen molar-refractivity contribution in [2.45, 2.75) is 68.9 Å². The summed E-state index contributed by atoms with van der Waals surface area (Å²) in [4.78, 5) is 25.7. The first kappa shape index (κ1) is 23.1. The second-order valence-electron chi connectivity index (χ2n) is 8.85. The van der Waals surface area contributed by atoms with E-state index in [1.807, 2.05) is 35.2 Å². The number of carboxylic acid groups (broad SMARTS) is 1. The summed E-state index contributed by atoms with van der Waals surface area (Å²) in [7, 11) is 0. The first-order valence-corrected chi connectivity index (χ1v) is 11.5. The van der Waals surface area contributed by atoms with Crippen molar-refractivity contribution in [2.75, 3.05) is 26.2 Å². The highest BCUT2D eigenvalue weighted by molar-refractivity contribution is 5.74. The molecule has 0 bridgehead atoms. The summed E-state index contributed by atoms with van der Waals surface area (Å²) in [6, 6.07) is 13.7. The fourth-order valence-electron chi connectivity index (χ4n) is 5.26. The molecule has 31 heavy (non-hydrogen) atoms. The maximum atomic E-state index is 12.8. The normalized spacial score (nSPS) is 22.1. The third kappa shape index (κ3) is 5.76. The number of urea groups is 1. The zero-order chi connectivity index (χ0) is 22.1. The van der Waals surface area contributed by atoms with Gasteiger partial charge in [0, 0.05) is 38.3 Å². The monoisotopic (exact) mass is 426 g/mol. The summed E-state index contributed by atoms with van der Waals surface area (Å²) in [5.74, 6) is 0. The van der Waals surface area contributed by atoms with Crippen molar-refractivity contribution in [1.82, 2.24) is 15.1 Å². The Balaban J connectivity index is 0.000000858. The molecule has 0 atom stereocenters. The number of piperidine rings is 2. The van der Waals surface area contributed by atoms with Gasteiger partial charge < -0.3 is 20.2 Å². The van der Waals surface area contributed by atoms with Crippen molar-refractivity contribution in [2.24, 2.45) is 0 Å². The molecule has 0 spiro atoms. The SMILES string of the molecule is N#CC1(c2ccccc2)CCN(C(=O)NC2CCN(C3CCCC3)CC2)CC1.O=CO. The fourth-order valence-corrected chi connectivity index (χ4v) is 5.26. The highest BCUT2D eigenvalue weighted by Gasteiger charge is 2.38. The van der Waals surface area contributed by atoms with E-state index in [0.717, 1.165) is 37.5 Å². The first-order chi connectivity index (χ1) is 15.1. The molecule has 7 heteroatoms. The van der Waals surface area contributed by atoms with E-state index in [0.29, 0.717) is 32.0 Å². The van der Waals surface area contributed by atoms with Gasteiger partial charge in [-0.25, -0.2) is 4.79 Å². The van der Waals surface area contributed by atoms with Crippen LogP contribution in [-0.2, 0) is 10.2 Å². The summed E-state index contributed by atoms with van der Waals surface area (Å²) >= 11 is 0. The average Bonchev–Trinajstić information content (AvgIpc) is 3.36. The van der Waals surface area contributed by atoms with Crippen LogP contribution in [0.3, 0.4) is 0 Å². The Morgan fingerprint density at radius 2 is 1.65 bits per heavy atom. The Morgan fingerprint density at radius 1 is 1.06 bits per heavy atom. The third-order valence-electron chi connectivity index (χ3n) is 7.14. The molecule has 1 aromatic carbocycles. The molecule has 2 saturated heterocycles. The van der Waals surface area contributed by atoms with Crippen molar-refractivity contribution < 1.29 is 14.7 Å². The van der Waals surface area contributed by atoms with E-state index in [-0.39, 0.29) is 12.5 Å². The summed E-state index contributed by atoms with van der Waals surface area (Å²) in [6.45, 7) is 3.27. The van der Waals surface area contributed by atoms with Crippen molar-refractivity contribution >= 4 is 12.5 Å². The Kier molecular flexibility index (Phi) is 8.30. The molecule has 2 amide bonds. The molecule has 1 saturated carbocycles. The number of carbonyl (C=O) groups excluding carboxylic acids is 1. The predicted molar refractivity (Wildman–Crippen MR) is 119 cm³/mol. The lowest BCUT2D eigenvalue weighted by Crippen LogP contribution is -2.53. The standard InChI is InChI=1S/C23H32N4O.CH2O2/c24-18-23(19-6-2-1-3-7-19)12-16-27(17-13-23)22(28)25-20-10-14-26(15-11-20)21-8-4-5-9-21;2-1-3/h1-3,6-7,20-21H,4-5,8-17H2,(H,25,28);1H,(H,2,3). The maximum absolute atomic E-state index is 12.8. The molecule has 168 valence electrons. The van der Waals surface area contributed by atoms with E-state index in [4.69, 9.17) is 9.90 Å². The number of carbonyl (C=O) groups is 2. The van der Waals surface area contributed by atoms with E-state index in [1.54, 1.807) is 0 Å². The average molecular weight is 427 g/mol. The smallest absolute Gasteiger partial charge is 0.317 e. The molecule has 0 aromatic heterocycles. The number of rotatable bonds is 3.